The first-order valence-corrected chi connectivity index (χ1v) is 19.4. The summed E-state index contributed by atoms with van der Waals surface area (Å²) < 4.78 is 12.4. The van der Waals surface area contributed by atoms with Gasteiger partial charge < -0.3 is 36.3 Å². The van der Waals surface area contributed by atoms with Crippen molar-refractivity contribution in [1.29, 1.82) is 0 Å². The fourth-order valence-electron chi connectivity index (χ4n) is 8.86. The molecule has 298 valence electrons. The van der Waals surface area contributed by atoms with E-state index in [0.29, 0.717) is 34.5 Å². The first-order chi connectivity index (χ1) is 28.8. The lowest BCUT2D eigenvalue weighted by Crippen LogP contribution is -2.55. The van der Waals surface area contributed by atoms with Gasteiger partial charge >= 0.3 is 12.0 Å². The van der Waals surface area contributed by atoms with Gasteiger partial charge in [-0.25, -0.2) is 4.79 Å². The predicted octanol–water partition coefficient (Wildman–Crippen LogP) is 4.10. The van der Waals surface area contributed by atoms with Crippen LogP contribution in [0.5, 0.6) is 5.75 Å². The summed E-state index contributed by atoms with van der Waals surface area (Å²) in [6.07, 6.45) is 1.25. The number of fused-ring (bicyclic) bond motifs is 3. The third kappa shape index (κ3) is 7.36. The van der Waals surface area contributed by atoms with Crippen molar-refractivity contribution in [2.75, 3.05) is 31.6 Å². The van der Waals surface area contributed by atoms with E-state index in [1.54, 1.807) is 42.6 Å². The van der Waals surface area contributed by atoms with E-state index in [0.717, 1.165) is 16.8 Å². The Morgan fingerprint density at radius 2 is 1.63 bits per heavy atom. The second kappa shape index (κ2) is 16.8. The topological polar surface area (TPSA) is 185 Å². The monoisotopic (exact) mass is 790 g/mol. The summed E-state index contributed by atoms with van der Waals surface area (Å²) in [6, 6.07) is 33.4. The molecule has 4 heterocycles. The van der Waals surface area contributed by atoms with E-state index in [2.05, 4.69) is 32.8 Å². The molecule has 0 bridgehead atoms. The highest BCUT2D eigenvalue weighted by Crippen LogP contribution is 2.65. The first-order valence-electron chi connectivity index (χ1n) is 19.4. The molecule has 0 saturated carbocycles. The van der Waals surface area contributed by atoms with Crippen molar-refractivity contribution >= 4 is 29.5 Å². The number of carbonyl (C=O) groups excluding carboxylic acids is 4. The Kier molecular flexibility index (Phi) is 11.1. The molecule has 4 amide bonds. The number of carbonyl (C=O) groups is 4. The number of nitrogens with zero attached hydrogens (tertiary/aromatic N) is 2. The van der Waals surface area contributed by atoms with Crippen LogP contribution in [-0.4, -0.2) is 71.2 Å². The Labute approximate surface area is 340 Å². The molecule has 1 spiro atoms. The van der Waals surface area contributed by atoms with E-state index in [9.17, 15) is 14.7 Å². The molecule has 1 aromatic heterocycles. The maximum atomic E-state index is 15.4. The van der Waals surface area contributed by atoms with E-state index in [4.69, 9.17) is 15.2 Å². The zero-order chi connectivity index (χ0) is 40.9. The summed E-state index contributed by atoms with van der Waals surface area (Å²) >= 11 is 0. The molecule has 6 N–H and O–H groups in total. The molecule has 0 aliphatic carbocycles. The molecule has 2 saturated heterocycles. The lowest BCUT2D eigenvalue weighted by Gasteiger charge is -2.46. The number of aliphatic hydroxyl groups excluding tert-OH is 1. The van der Waals surface area contributed by atoms with Crippen LogP contribution in [-0.2, 0) is 31.0 Å². The van der Waals surface area contributed by atoms with Gasteiger partial charge in [0.25, 0.3) is 0 Å². The number of hydrogen-bond donors (Lipinski definition) is 5. The minimum absolute atomic E-state index is 0.0133. The molecule has 5 aromatic rings. The highest BCUT2D eigenvalue weighted by Gasteiger charge is 2.74. The average molecular weight is 791 g/mol. The number of aromatic nitrogens is 1. The van der Waals surface area contributed by atoms with Crippen LogP contribution in [0.2, 0.25) is 0 Å². The van der Waals surface area contributed by atoms with Crippen LogP contribution in [0.4, 0.5) is 10.5 Å². The summed E-state index contributed by atoms with van der Waals surface area (Å²) in [4.78, 5) is 63.3. The van der Waals surface area contributed by atoms with E-state index >= 15 is 9.59 Å². The molecule has 13 heteroatoms. The molecular formula is C46H42N6O7. The smallest absolute Gasteiger partial charge is 0.324 e. The number of nitrogens with two attached hydrogens (primary N) is 1. The number of rotatable bonds is 11. The maximum Gasteiger partial charge on any atom is 0.324 e. The van der Waals surface area contributed by atoms with Crippen molar-refractivity contribution < 1.29 is 33.8 Å². The second-order valence-corrected chi connectivity index (χ2v) is 14.5. The van der Waals surface area contributed by atoms with Crippen molar-refractivity contribution in [1.82, 2.24) is 20.5 Å². The minimum Gasteiger partial charge on any atom is -0.491 e. The number of cyclic esters (lactones) is 1. The molecule has 0 unspecified atom stereocenters. The number of primary amides is 1. The Morgan fingerprint density at radius 3 is 2.36 bits per heavy atom. The van der Waals surface area contributed by atoms with E-state index in [1.807, 2.05) is 89.8 Å². The van der Waals surface area contributed by atoms with Gasteiger partial charge in [-0.05, 0) is 64.7 Å². The van der Waals surface area contributed by atoms with Crippen molar-refractivity contribution in [3.63, 3.8) is 0 Å². The fraction of sp³-hybridized carbons (Fsp3) is 0.239. The molecule has 3 aliphatic rings. The van der Waals surface area contributed by atoms with Gasteiger partial charge in [-0.3, -0.25) is 24.3 Å². The molecule has 0 radical (unpaired) electrons. The average Bonchev–Trinajstić information content (AvgIpc) is 3.74. The van der Waals surface area contributed by atoms with Crippen LogP contribution in [0.15, 0.2) is 128 Å². The van der Waals surface area contributed by atoms with E-state index in [1.165, 1.54) is 0 Å². The Bertz CT molecular complexity index is 2420. The first kappa shape index (κ1) is 38.8. The molecule has 2 fully saturated rings. The lowest BCUT2D eigenvalue weighted by molar-refractivity contribution is -0.178. The van der Waals surface area contributed by atoms with Crippen LogP contribution < -0.4 is 26.4 Å². The van der Waals surface area contributed by atoms with Crippen molar-refractivity contribution in [2.24, 2.45) is 11.7 Å². The van der Waals surface area contributed by atoms with Crippen molar-refractivity contribution in [3.05, 3.63) is 161 Å². The molecular weight excluding hydrogens is 749 g/mol. The van der Waals surface area contributed by atoms with Gasteiger partial charge in [-0.1, -0.05) is 90.7 Å². The summed E-state index contributed by atoms with van der Waals surface area (Å²) in [7, 11) is 0. The van der Waals surface area contributed by atoms with Crippen LogP contribution in [0.3, 0.4) is 0 Å². The number of pyridine rings is 1. The molecule has 8 rings (SSSR count). The second-order valence-electron chi connectivity index (χ2n) is 14.5. The largest absolute Gasteiger partial charge is 0.491 e. The van der Waals surface area contributed by atoms with Gasteiger partial charge in [0.15, 0.2) is 0 Å². The zero-order valence-corrected chi connectivity index (χ0v) is 31.9. The fourth-order valence-corrected chi connectivity index (χ4v) is 8.86. The summed E-state index contributed by atoms with van der Waals surface area (Å²) in [5.74, 6) is 3.41. The zero-order valence-electron chi connectivity index (χ0n) is 31.9. The van der Waals surface area contributed by atoms with Crippen molar-refractivity contribution in [3.8, 4) is 17.6 Å². The standard InChI is InChI=1S/C46H42N6O7/c47-45(57)50-23-10-11-29-19-20-36-35(27-29)46(44(56)51-36)37(42(54)49-24-21-33-17-7-8-22-48-33)39-43(55)59-40(31-14-5-2-6-15-31)38(30-12-3-1-4-13-30)52(39)41(46)32-16-9-18-34(28-32)58-26-25-53/h1-9,12-20,22,27-28,37-41,53H,21,23-26H2,(H,49,54)(H,51,56)(H3,47,50,57)/t37-,38-,39-,40+,41+,46-/m0/s1. The van der Waals surface area contributed by atoms with Gasteiger partial charge in [0, 0.05) is 36.1 Å². The van der Waals surface area contributed by atoms with Crippen molar-refractivity contribution in [2.45, 2.75) is 36.1 Å². The Hall–Kier alpha value is -7.01. The van der Waals surface area contributed by atoms with E-state index < -0.39 is 59.4 Å². The molecule has 59 heavy (non-hydrogen) atoms. The predicted molar refractivity (Wildman–Crippen MR) is 218 cm³/mol. The summed E-state index contributed by atoms with van der Waals surface area (Å²) in [5.41, 5.74) is 7.86. The van der Waals surface area contributed by atoms with Gasteiger partial charge in [-0.2, -0.15) is 0 Å². The van der Waals surface area contributed by atoms with Gasteiger partial charge in [0.05, 0.1) is 31.2 Å². The number of esters is 1. The molecule has 3 aliphatic heterocycles. The third-order valence-corrected chi connectivity index (χ3v) is 11.1. The highest BCUT2D eigenvalue weighted by atomic mass is 16.6. The number of morpholine rings is 1. The molecule has 6 atom stereocenters. The van der Waals surface area contributed by atoms with Gasteiger partial charge in [0.1, 0.15) is 29.9 Å². The number of ether oxygens (including phenoxy) is 2. The van der Waals surface area contributed by atoms with Gasteiger partial charge in [-0.15, -0.1) is 0 Å². The highest BCUT2D eigenvalue weighted by molar-refractivity contribution is 6.12. The maximum absolute atomic E-state index is 15.4. The molecule has 13 nitrogen and oxygen atoms in total. The Balaban J connectivity index is 1.37. The quantitative estimate of drug-likeness (QED) is 0.0971. The lowest BCUT2D eigenvalue weighted by atomic mass is 9.65. The molecule has 4 aromatic carbocycles. The number of benzene rings is 4. The number of aliphatic hydroxyl groups is 1. The van der Waals surface area contributed by atoms with Crippen LogP contribution in [0.1, 0.15) is 51.7 Å². The number of urea groups is 1. The van der Waals surface area contributed by atoms with Gasteiger partial charge in [0.2, 0.25) is 11.8 Å². The summed E-state index contributed by atoms with van der Waals surface area (Å²) in [5, 5.41) is 18.3. The van der Waals surface area contributed by atoms with E-state index in [-0.39, 0.29) is 26.3 Å². The van der Waals surface area contributed by atoms with Crippen LogP contribution in [0, 0.1) is 17.8 Å². The summed E-state index contributed by atoms with van der Waals surface area (Å²) in [6.45, 7) is -0.0265. The number of hydrogen-bond acceptors (Lipinski definition) is 9. The minimum atomic E-state index is -1.74. The normalized spacial score (nSPS) is 22.9. The van der Waals surface area contributed by atoms with Crippen LogP contribution in [0.25, 0.3) is 0 Å². The SMILES string of the molecule is NC(=O)NCC#Cc1ccc2c(c1)[C@]1(C(=O)N2)[C@H](C(=O)NCCc2ccccn2)[C@H]2C(=O)O[C@H](c3ccccc3)[C@H](c3ccccc3)N2[C@@H]1c1cccc(OCCO)c1. The third-order valence-electron chi connectivity index (χ3n) is 11.1. The Morgan fingerprint density at radius 1 is 0.881 bits per heavy atom. The number of anilines is 1. The van der Waals surface area contributed by atoms with Crippen LogP contribution >= 0.6 is 0 Å². The number of amides is 4. The number of nitrogens with one attached hydrogen (secondary N) is 3.